The van der Waals surface area contributed by atoms with E-state index >= 15 is 0 Å². The van der Waals surface area contributed by atoms with E-state index < -0.39 is 0 Å². The molecule has 0 amide bonds. The van der Waals surface area contributed by atoms with Crippen LogP contribution in [-0.4, -0.2) is 0 Å². The Morgan fingerprint density at radius 1 is 0.353 bits per heavy atom. The van der Waals surface area contributed by atoms with Crippen LogP contribution in [0.3, 0.4) is 0 Å². The molecule has 238 valence electrons. The number of rotatable bonds is 4. The minimum Gasteiger partial charge on any atom is -0.0807 e. The molecule has 0 saturated heterocycles. The molecule has 0 saturated carbocycles. The van der Waals surface area contributed by atoms with Gasteiger partial charge in [-0.2, -0.15) is 0 Å². The van der Waals surface area contributed by atoms with Crippen molar-refractivity contribution in [2.24, 2.45) is 0 Å². The average Bonchev–Trinajstić information content (AvgIpc) is 3.46. The van der Waals surface area contributed by atoms with Crippen LogP contribution in [0.1, 0.15) is 6.42 Å². The third-order valence-corrected chi connectivity index (χ3v) is 10.6. The first-order chi connectivity index (χ1) is 25.3. The number of fused-ring (bicyclic) bond motifs is 6. The van der Waals surface area contributed by atoms with Gasteiger partial charge in [0.05, 0.1) is 0 Å². The summed E-state index contributed by atoms with van der Waals surface area (Å²) in [6.45, 7) is 0. The summed E-state index contributed by atoms with van der Waals surface area (Å²) in [5, 5.41) is 12.7. The second-order valence-corrected chi connectivity index (χ2v) is 13.5. The second-order valence-electron chi connectivity index (χ2n) is 13.5. The van der Waals surface area contributed by atoms with Crippen molar-refractivity contribution in [1.82, 2.24) is 0 Å². The van der Waals surface area contributed by atoms with Crippen molar-refractivity contribution in [2.45, 2.75) is 6.42 Å². The quantitative estimate of drug-likeness (QED) is 0.167. The molecular weight excluding hydrogens is 613 g/mol. The maximum Gasteiger partial charge on any atom is -0.00199 e. The Balaban J connectivity index is 1.32. The van der Waals surface area contributed by atoms with Crippen LogP contribution in [-0.2, 0) is 0 Å². The van der Waals surface area contributed by atoms with E-state index in [1.54, 1.807) is 0 Å². The summed E-state index contributed by atoms with van der Waals surface area (Å²) >= 11 is 0. The third kappa shape index (κ3) is 4.91. The highest BCUT2D eigenvalue weighted by atomic mass is 14.2. The van der Waals surface area contributed by atoms with E-state index in [0.717, 1.165) is 6.42 Å². The van der Waals surface area contributed by atoms with E-state index in [9.17, 15) is 0 Å². The van der Waals surface area contributed by atoms with Gasteiger partial charge in [0.1, 0.15) is 0 Å². The summed E-state index contributed by atoms with van der Waals surface area (Å²) in [6.07, 6.45) is 10.0. The van der Waals surface area contributed by atoms with Crippen molar-refractivity contribution < 1.29 is 0 Å². The molecule has 9 aromatic rings. The van der Waals surface area contributed by atoms with Gasteiger partial charge < -0.3 is 0 Å². The van der Waals surface area contributed by atoms with E-state index in [-0.39, 0.29) is 0 Å². The summed E-state index contributed by atoms with van der Waals surface area (Å²) in [5.41, 5.74) is 9.95. The van der Waals surface area contributed by atoms with E-state index in [2.05, 4.69) is 194 Å². The minimum atomic E-state index is 0.957. The van der Waals surface area contributed by atoms with Crippen LogP contribution in [0.25, 0.3) is 99.7 Å². The Bertz CT molecular complexity index is 2910. The molecule has 0 aromatic heterocycles. The summed E-state index contributed by atoms with van der Waals surface area (Å²) in [7, 11) is 0. The largest absolute Gasteiger partial charge is 0.0807 e. The lowest BCUT2D eigenvalue weighted by atomic mass is 9.82. The Morgan fingerprint density at radius 3 is 1.69 bits per heavy atom. The standard InChI is InChI=1S/C51H34/c1-4-15-34(16-5-1)37-29-30-41(35-17-6-2-7-18-35)49(32-37)51-44-24-12-10-22-42(44)50(43-23-11-13-25-45(43)51)46-26-14-20-38-31-39-28-27-36-19-8-3-9-21-40(36)47(39)33-48(38)46/h1-7,9-33H,8H2. The number of benzene rings is 9. The molecule has 10 rings (SSSR count). The van der Waals surface area contributed by atoms with Crippen molar-refractivity contribution in [3.8, 4) is 44.5 Å². The first-order valence-electron chi connectivity index (χ1n) is 17.8. The normalized spacial score (nSPS) is 12.5. The van der Waals surface area contributed by atoms with Crippen LogP contribution < -0.4 is 10.4 Å². The molecule has 0 aliphatic heterocycles. The van der Waals surface area contributed by atoms with Gasteiger partial charge in [-0.3, -0.25) is 0 Å². The van der Waals surface area contributed by atoms with Gasteiger partial charge in [-0.15, -0.1) is 0 Å². The maximum absolute atomic E-state index is 2.44. The second kappa shape index (κ2) is 12.1. The topological polar surface area (TPSA) is 0 Å². The maximum atomic E-state index is 2.44. The van der Waals surface area contributed by atoms with Crippen molar-refractivity contribution in [3.05, 3.63) is 192 Å². The third-order valence-electron chi connectivity index (χ3n) is 10.6. The van der Waals surface area contributed by atoms with E-state index in [0.29, 0.717) is 0 Å². The molecule has 0 fully saturated rings. The van der Waals surface area contributed by atoms with Gasteiger partial charge in [0.15, 0.2) is 0 Å². The summed E-state index contributed by atoms with van der Waals surface area (Å²) in [4.78, 5) is 0. The van der Waals surface area contributed by atoms with Gasteiger partial charge in [-0.1, -0.05) is 176 Å². The summed E-state index contributed by atoms with van der Waals surface area (Å²) < 4.78 is 0. The van der Waals surface area contributed by atoms with Gasteiger partial charge in [0.2, 0.25) is 0 Å². The smallest absolute Gasteiger partial charge is 0.00199 e. The number of hydrogen-bond donors (Lipinski definition) is 0. The van der Waals surface area contributed by atoms with Crippen LogP contribution in [0.4, 0.5) is 0 Å². The molecule has 51 heavy (non-hydrogen) atoms. The van der Waals surface area contributed by atoms with Crippen molar-refractivity contribution in [3.63, 3.8) is 0 Å². The summed E-state index contributed by atoms with van der Waals surface area (Å²) in [6, 6.07) is 62.8. The molecule has 0 atom stereocenters. The fourth-order valence-corrected chi connectivity index (χ4v) is 8.30. The van der Waals surface area contributed by atoms with Crippen molar-refractivity contribution in [1.29, 1.82) is 0 Å². The predicted molar refractivity (Wildman–Crippen MR) is 220 cm³/mol. The van der Waals surface area contributed by atoms with Crippen LogP contribution in [0.2, 0.25) is 0 Å². The molecule has 9 aromatic carbocycles. The Morgan fingerprint density at radius 2 is 0.980 bits per heavy atom. The highest BCUT2D eigenvalue weighted by molar-refractivity contribution is 6.25. The fourth-order valence-electron chi connectivity index (χ4n) is 8.30. The van der Waals surface area contributed by atoms with E-state index in [4.69, 9.17) is 0 Å². The SMILES string of the molecule is C1=CCC=c2ccc3cc4cccc(-c5c6ccccc6c(-c6cc(-c7ccccc7)ccc6-c6ccccc6)c6ccccc56)c4cc3c2=C1. The minimum absolute atomic E-state index is 0.957. The van der Waals surface area contributed by atoms with Crippen LogP contribution in [0.5, 0.6) is 0 Å². The zero-order valence-electron chi connectivity index (χ0n) is 28.2. The molecule has 0 heterocycles. The van der Waals surface area contributed by atoms with Crippen LogP contribution in [0, 0.1) is 0 Å². The Labute approximate surface area is 297 Å². The molecule has 0 radical (unpaired) electrons. The van der Waals surface area contributed by atoms with Crippen LogP contribution >= 0.6 is 0 Å². The Kier molecular flexibility index (Phi) is 6.99. The molecule has 1 aliphatic rings. The zero-order chi connectivity index (χ0) is 33.7. The molecule has 0 bridgehead atoms. The predicted octanol–water partition coefficient (Wildman–Crippen LogP) is 12.5. The molecule has 0 unspecified atom stereocenters. The first-order valence-corrected chi connectivity index (χ1v) is 17.8. The number of hydrogen-bond acceptors (Lipinski definition) is 0. The van der Waals surface area contributed by atoms with Gasteiger partial charge in [-0.25, -0.2) is 0 Å². The molecule has 0 spiro atoms. The monoisotopic (exact) mass is 646 g/mol. The Hall–Kier alpha value is -6.50. The fraction of sp³-hybridized carbons (Fsp3) is 0.0196. The molecular formula is C51H34. The summed E-state index contributed by atoms with van der Waals surface area (Å²) in [5.74, 6) is 0. The van der Waals surface area contributed by atoms with Crippen molar-refractivity contribution >= 4 is 55.2 Å². The number of allylic oxidation sites excluding steroid dienone is 2. The molecule has 0 N–H and O–H groups in total. The van der Waals surface area contributed by atoms with Crippen molar-refractivity contribution in [2.75, 3.05) is 0 Å². The average molecular weight is 647 g/mol. The lowest BCUT2D eigenvalue weighted by Gasteiger charge is -2.21. The van der Waals surface area contributed by atoms with Crippen LogP contribution in [0.15, 0.2) is 182 Å². The van der Waals surface area contributed by atoms with Gasteiger partial charge in [0.25, 0.3) is 0 Å². The molecule has 0 nitrogen and oxygen atoms in total. The van der Waals surface area contributed by atoms with Gasteiger partial charge in [-0.05, 0) is 123 Å². The molecule has 0 heteroatoms. The highest BCUT2D eigenvalue weighted by Crippen LogP contribution is 2.48. The van der Waals surface area contributed by atoms with Gasteiger partial charge >= 0.3 is 0 Å². The first kappa shape index (κ1) is 29.4. The molecule has 1 aliphatic carbocycles. The van der Waals surface area contributed by atoms with E-state index in [1.165, 1.54) is 98.0 Å². The lowest BCUT2D eigenvalue weighted by molar-refractivity contribution is 1.47. The van der Waals surface area contributed by atoms with E-state index in [1.807, 2.05) is 0 Å². The highest BCUT2D eigenvalue weighted by Gasteiger charge is 2.21. The van der Waals surface area contributed by atoms with Gasteiger partial charge in [0, 0.05) is 0 Å². The lowest BCUT2D eigenvalue weighted by Crippen LogP contribution is -2.24. The zero-order valence-corrected chi connectivity index (χ0v) is 28.2.